The van der Waals surface area contributed by atoms with Gasteiger partial charge in [-0.25, -0.2) is 0 Å². The van der Waals surface area contributed by atoms with Gasteiger partial charge in [-0.15, -0.1) is 0 Å². The molecule has 0 spiro atoms. The lowest BCUT2D eigenvalue weighted by atomic mass is 10.1. The van der Waals surface area contributed by atoms with E-state index < -0.39 is 0 Å². The molecule has 0 aliphatic carbocycles. The lowest BCUT2D eigenvalue weighted by Crippen LogP contribution is -2.18. The van der Waals surface area contributed by atoms with Crippen LogP contribution in [0, 0.1) is 18.4 Å². The fourth-order valence-corrected chi connectivity index (χ4v) is 2.16. The van der Waals surface area contributed by atoms with E-state index in [-0.39, 0.29) is 6.10 Å². The average Bonchev–Trinajstić information content (AvgIpc) is 2.53. The number of hydrogen-bond donors (Lipinski definition) is 0. The molecular weight excluding hydrogens is 260 g/mol. The summed E-state index contributed by atoms with van der Waals surface area (Å²) in [4.78, 5) is 1.62. The van der Waals surface area contributed by atoms with Crippen LogP contribution in [0.4, 0.5) is 0 Å². The molecule has 2 aromatic rings. The standard InChI is InChI=1S/C18H20N2O/c1-15-8-6-7-11-17(15)21-18(12-13-20(2)14-19)16-9-4-3-5-10-16/h3-11,18H,12-13H2,1-2H3. The van der Waals surface area contributed by atoms with E-state index in [2.05, 4.69) is 18.3 Å². The number of rotatable bonds is 6. The molecular formula is C18H20N2O. The third-order valence-electron chi connectivity index (χ3n) is 3.43. The molecule has 0 aliphatic heterocycles. The van der Waals surface area contributed by atoms with E-state index in [0.29, 0.717) is 6.54 Å². The van der Waals surface area contributed by atoms with Gasteiger partial charge in [0, 0.05) is 20.0 Å². The monoisotopic (exact) mass is 280 g/mol. The van der Waals surface area contributed by atoms with Gasteiger partial charge in [-0.3, -0.25) is 0 Å². The fourth-order valence-electron chi connectivity index (χ4n) is 2.16. The molecule has 2 rings (SSSR count). The summed E-state index contributed by atoms with van der Waals surface area (Å²) < 4.78 is 6.19. The summed E-state index contributed by atoms with van der Waals surface area (Å²) >= 11 is 0. The molecule has 0 saturated heterocycles. The fraction of sp³-hybridized carbons (Fsp3) is 0.278. The summed E-state index contributed by atoms with van der Waals surface area (Å²) in [5, 5.41) is 8.89. The van der Waals surface area contributed by atoms with Crippen LogP contribution in [0.3, 0.4) is 0 Å². The molecule has 0 bridgehead atoms. The Labute approximate surface area is 126 Å². The normalized spacial score (nSPS) is 11.5. The van der Waals surface area contributed by atoms with E-state index >= 15 is 0 Å². The first-order chi connectivity index (χ1) is 10.2. The maximum atomic E-state index is 8.89. The smallest absolute Gasteiger partial charge is 0.179 e. The van der Waals surface area contributed by atoms with Crippen molar-refractivity contribution < 1.29 is 4.74 Å². The number of benzene rings is 2. The summed E-state index contributed by atoms with van der Waals surface area (Å²) in [5.41, 5.74) is 2.25. The first-order valence-corrected chi connectivity index (χ1v) is 7.09. The van der Waals surface area contributed by atoms with Crippen molar-refractivity contribution in [2.75, 3.05) is 13.6 Å². The highest BCUT2D eigenvalue weighted by Gasteiger charge is 2.15. The van der Waals surface area contributed by atoms with Gasteiger partial charge in [0.1, 0.15) is 11.9 Å². The van der Waals surface area contributed by atoms with Crippen LogP contribution in [0.2, 0.25) is 0 Å². The number of nitriles is 1. The molecule has 1 unspecified atom stereocenters. The molecule has 108 valence electrons. The molecule has 0 aromatic heterocycles. The van der Waals surface area contributed by atoms with Crippen LogP contribution in [0.1, 0.15) is 23.7 Å². The number of para-hydroxylation sites is 1. The molecule has 2 aromatic carbocycles. The Balaban J connectivity index is 2.16. The Morgan fingerprint density at radius 3 is 2.43 bits per heavy atom. The van der Waals surface area contributed by atoms with Gasteiger partial charge in [0.05, 0.1) is 0 Å². The van der Waals surface area contributed by atoms with Crippen molar-refractivity contribution in [3.8, 4) is 11.9 Å². The van der Waals surface area contributed by atoms with E-state index in [9.17, 15) is 0 Å². The Kier molecular flexibility index (Phi) is 5.22. The first kappa shape index (κ1) is 14.9. The van der Waals surface area contributed by atoms with Crippen molar-refractivity contribution in [3.63, 3.8) is 0 Å². The average molecular weight is 280 g/mol. The minimum atomic E-state index is -0.0527. The Hall–Kier alpha value is -2.47. The van der Waals surface area contributed by atoms with Crippen molar-refractivity contribution >= 4 is 0 Å². The zero-order valence-corrected chi connectivity index (χ0v) is 12.5. The quantitative estimate of drug-likeness (QED) is 0.594. The number of aryl methyl sites for hydroxylation is 1. The molecule has 3 nitrogen and oxygen atoms in total. The van der Waals surface area contributed by atoms with Crippen LogP contribution < -0.4 is 4.74 Å². The van der Waals surface area contributed by atoms with Gasteiger partial charge < -0.3 is 9.64 Å². The summed E-state index contributed by atoms with van der Waals surface area (Å²) in [6.45, 7) is 2.71. The Bertz CT molecular complexity index is 604. The summed E-state index contributed by atoms with van der Waals surface area (Å²) in [5.74, 6) is 0.894. The third kappa shape index (κ3) is 4.25. The van der Waals surface area contributed by atoms with E-state index in [1.54, 1.807) is 11.9 Å². The maximum absolute atomic E-state index is 8.89. The second kappa shape index (κ2) is 7.35. The van der Waals surface area contributed by atoms with Gasteiger partial charge in [-0.05, 0) is 24.1 Å². The lowest BCUT2D eigenvalue weighted by molar-refractivity contribution is 0.183. The van der Waals surface area contributed by atoms with Crippen LogP contribution in [-0.2, 0) is 0 Å². The zero-order chi connectivity index (χ0) is 15.1. The van der Waals surface area contributed by atoms with Crippen molar-refractivity contribution in [1.82, 2.24) is 4.90 Å². The summed E-state index contributed by atoms with van der Waals surface area (Å²) in [6, 6.07) is 18.2. The van der Waals surface area contributed by atoms with Gasteiger partial charge >= 0.3 is 0 Å². The summed E-state index contributed by atoms with van der Waals surface area (Å²) in [6.07, 6.45) is 2.84. The van der Waals surface area contributed by atoms with Gasteiger partial charge in [0.25, 0.3) is 0 Å². The number of ether oxygens (including phenoxy) is 1. The molecule has 0 N–H and O–H groups in total. The van der Waals surface area contributed by atoms with Crippen LogP contribution in [0.25, 0.3) is 0 Å². The molecule has 21 heavy (non-hydrogen) atoms. The number of hydrogen-bond acceptors (Lipinski definition) is 3. The molecule has 0 fully saturated rings. The Morgan fingerprint density at radius 2 is 1.76 bits per heavy atom. The van der Waals surface area contributed by atoms with E-state index in [1.165, 1.54) is 0 Å². The molecule has 0 heterocycles. The molecule has 1 atom stereocenters. The van der Waals surface area contributed by atoms with Crippen molar-refractivity contribution in [3.05, 3.63) is 65.7 Å². The summed E-state index contributed by atoms with van der Waals surface area (Å²) in [7, 11) is 1.79. The van der Waals surface area contributed by atoms with Crippen LogP contribution in [0.5, 0.6) is 5.75 Å². The third-order valence-corrected chi connectivity index (χ3v) is 3.43. The van der Waals surface area contributed by atoms with E-state index in [1.807, 2.05) is 49.4 Å². The lowest BCUT2D eigenvalue weighted by Gasteiger charge is -2.22. The highest BCUT2D eigenvalue weighted by molar-refractivity contribution is 5.33. The maximum Gasteiger partial charge on any atom is 0.179 e. The van der Waals surface area contributed by atoms with Gasteiger partial charge in [-0.1, -0.05) is 48.5 Å². The van der Waals surface area contributed by atoms with Crippen LogP contribution in [0.15, 0.2) is 54.6 Å². The second-order valence-electron chi connectivity index (χ2n) is 5.09. The zero-order valence-electron chi connectivity index (χ0n) is 12.5. The predicted molar refractivity (Wildman–Crippen MR) is 83.9 cm³/mol. The van der Waals surface area contributed by atoms with Gasteiger partial charge in [0.15, 0.2) is 6.19 Å². The molecule has 0 aliphatic rings. The van der Waals surface area contributed by atoms with E-state index in [0.717, 1.165) is 23.3 Å². The molecule has 0 radical (unpaired) electrons. The second-order valence-corrected chi connectivity index (χ2v) is 5.09. The first-order valence-electron chi connectivity index (χ1n) is 7.09. The largest absolute Gasteiger partial charge is 0.485 e. The highest BCUT2D eigenvalue weighted by Crippen LogP contribution is 2.27. The topological polar surface area (TPSA) is 36.3 Å². The molecule has 0 amide bonds. The van der Waals surface area contributed by atoms with E-state index in [4.69, 9.17) is 10.00 Å². The molecule has 0 saturated carbocycles. The van der Waals surface area contributed by atoms with Gasteiger partial charge in [0.2, 0.25) is 0 Å². The Morgan fingerprint density at radius 1 is 1.10 bits per heavy atom. The number of nitrogens with zero attached hydrogens (tertiary/aromatic N) is 2. The highest BCUT2D eigenvalue weighted by atomic mass is 16.5. The van der Waals surface area contributed by atoms with Crippen molar-refractivity contribution in [2.45, 2.75) is 19.4 Å². The van der Waals surface area contributed by atoms with Crippen molar-refractivity contribution in [2.24, 2.45) is 0 Å². The SMILES string of the molecule is Cc1ccccc1OC(CCN(C)C#N)c1ccccc1. The van der Waals surface area contributed by atoms with Crippen LogP contribution in [-0.4, -0.2) is 18.5 Å². The van der Waals surface area contributed by atoms with Crippen LogP contribution >= 0.6 is 0 Å². The minimum Gasteiger partial charge on any atom is -0.485 e. The molecule has 3 heteroatoms. The minimum absolute atomic E-state index is 0.0527. The predicted octanol–water partition coefficient (Wildman–Crippen LogP) is 3.92. The van der Waals surface area contributed by atoms with Gasteiger partial charge in [-0.2, -0.15) is 5.26 Å². The van der Waals surface area contributed by atoms with Crippen molar-refractivity contribution in [1.29, 1.82) is 5.26 Å².